The van der Waals surface area contributed by atoms with E-state index in [1.54, 1.807) is 0 Å². The molecule has 1 spiro atoms. The second-order valence-electron chi connectivity index (χ2n) is 9.95. The van der Waals surface area contributed by atoms with Gasteiger partial charge in [-0.1, -0.05) is 39.3 Å². The largest absolute Gasteiger partial charge is 0.345 e. The number of para-hydroxylation sites is 2. The average Bonchev–Trinajstić information content (AvgIpc) is 3.29. The van der Waals surface area contributed by atoms with Crippen molar-refractivity contribution in [2.45, 2.75) is 71.4 Å². The fourth-order valence-electron chi connectivity index (χ4n) is 5.02. The summed E-state index contributed by atoms with van der Waals surface area (Å²) in [7, 11) is 0. The van der Waals surface area contributed by atoms with E-state index in [2.05, 4.69) is 41.4 Å². The van der Waals surface area contributed by atoms with Gasteiger partial charge in [0.15, 0.2) is 0 Å². The van der Waals surface area contributed by atoms with E-state index < -0.39 is 11.6 Å². The van der Waals surface area contributed by atoms with Crippen LogP contribution in [0.5, 0.6) is 0 Å². The zero-order valence-electron chi connectivity index (χ0n) is 19.3. The van der Waals surface area contributed by atoms with Crippen molar-refractivity contribution < 1.29 is 14.4 Å². The Morgan fingerprint density at radius 1 is 1.28 bits per heavy atom. The third-order valence-corrected chi connectivity index (χ3v) is 7.60. The first-order valence-corrected chi connectivity index (χ1v) is 11.5. The molecular weight excluding hydrogens is 406 g/mol. The summed E-state index contributed by atoms with van der Waals surface area (Å²) in [6, 6.07) is 6.78. The van der Waals surface area contributed by atoms with Crippen LogP contribution < -0.4 is 10.6 Å². The fraction of sp³-hybridized carbons (Fsp3) is 0.583. The Morgan fingerprint density at radius 3 is 2.62 bits per heavy atom. The molecule has 1 aromatic heterocycles. The monoisotopic (exact) mass is 439 g/mol. The fourth-order valence-corrected chi connectivity index (χ4v) is 5.02. The van der Waals surface area contributed by atoms with Gasteiger partial charge in [0.1, 0.15) is 17.9 Å². The van der Waals surface area contributed by atoms with Crippen molar-refractivity contribution in [1.29, 1.82) is 0 Å². The van der Waals surface area contributed by atoms with Crippen molar-refractivity contribution >= 4 is 28.9 Å². The van der Waals surface area contributed by atoms with Crippen LogP contribution in [0.3, 0.4) is 0 Å². The lowest BCUT2D eigenvalue weighted by molar-refractivity contribution is -0.136. The van der Waals surface area contributed by atoms with Gasteiger partial charge < -0.3 is 15.6 Å². The van der Waals surface area contributed by atoms with E-state index in [1.165, 1.54) is 0 Å². The molecule has 8 heteroatoms. The predicted octanol–water partition coefficient (Wildman–Crippen LogP) is 3.66. The Labute approximate surface area is 188 Å². The van der Waals surface area contributed by atoms with Crippen LogP contribution in [0.25, 0.3) is 11.0 Å². The molecule has 2 aliphatic rings. The highest BCUT2D eigenvalue weighted by atomic mass is 16.2. The molecule has 1 atom stereocenters. The third kappa shape index (κ3) is 3.98. The van der Waals surface area contributed by atoms with Gasteiger partial charge in [-0.2, -0.15) is 0 Å². The molecule has 0 bridgehead atoms. The van der Waals surface area contributed by atoms with Gasteiger partial charge in [-0.3, -0.25) is 14.5 Å². The number of amides is 4. The number of aromatic nitrogens is 2. The first kappa shape index (κ1) is 22.3. The lowest BCUT2D eigenvalue weighted by Gasteiger charge is -2.42. The molecule has 1 saturated heterocycles. The summed E-state index contributed by atoms with van der Waals surface area (Å²) >= 11 is 0. The molecule has 0 unspecified atom stereocenters. The molecule has 1 aliphatic carbocycles. The van der Waals surface area contributed by atoms with Crippen LogP contribution in [0.15, 0.2) is 24.3 Å². The number of rotatable bonds is 6. The summed E-state index contributed by atoms with van der Waals surface area (Å²) in [5.41, 5.74) is 1.07. The Kier molecular flexibility index (Phi) is 5.73. The van der Waals surface area contributed by atoms with Gasteiger partial charge in [-0.25, -0.2) is 9.78 Å². The minimum Gasteiger partial charge on any atom is -0.345 e. The summed E-state index contributed by atoms with van der Waals surface area (Å²) in [4.78, 5) is 47.2. The van der Waals surface area contributed by atoms with Gasteiger partial charge >= 0.3 is 6.03 Å². The maximum atomic E-state index is 13.2. The summed E-state index contributed by atoms with van der Waals surface area (Å²) < 4.78 is 0. The number of carbonyl (C=O) groups is 3. The highest BCUT2D eigenvalue weighted by Crippen LogP contribution is 2.45. The van der Waals surface area contributed by atoms with E-state index in [0.717, 1.165) is 35.2 Å². The van der Waals surface area contributed by atoms with Crippen LogP contribution in [0.1, 0.15) is 71.7 Å². The highest BCUT2D eigenvalue weighted by molar-refractivity contribution is 6.09. The smallest absolute Gasteiger partial charge is 0.325 e. The SMILES string of the molecule is CCC(C)(C)C1CCC2(CC1)NC(=O)N(CC(=O)N[C@@H](C)c1nc3ccccc3[nH]1)C2=O. The van der Waals surface area contributed by atoms with E-state index in [4.69, 9.17) is 0 Å². The number of hydrogen-bond donors (Lipinski definition) is 3. The number of nitrogens with one attached hydrogen (secondary N) is 3. The lowest BCUT2D eigenvalue weighted by atomic mass is 9.65. The number of hydrogen-bond acceptors (Lipinski definition) is 4. The lowest BCUT2D eigenvalue weighted by Crippen LogP contribution is -2.51. The second kappa shape index (κ2) is 8.22. The number of urea groups is 1. The van der Waals surface area contributed by atoms with Gasteiger partial charge in [-0.05, 0) is 56.1 Å². The Balaban J connectivity index is 1.37. The van der Waals surface area contributed by atoms with Gasteiger partial charge in [0.05, 0.1) is 17.1 Å². The molecule has 4 rings (SSSR count). The van der Waals surface area contributed by atoms with E-state index >= 15 is 0 Å². The number of imide groups is 1. The molecule has 0 radical (unpaired) electrons. The van der Waals surface area contributed by atoms with Crippen molar-refractivity contribution in [2.24, 2.45) is 11.3 Å². The minimum atomic E-state index is -0.859. The van der Waals surface area contributed by atoms with Gasteiger partial charge in [-0.15, -0.1) is 0 Å². The van der Waals surface area contributed by atoms with Crippen LogP contribution in [0, 0.1) is 11.3 Å². The number of nitrogens with zero attached hydrogens (tertiary/aromatic N) is 2. The normalized spacial score (nSPS) is 24.8. The van der Waals surface area contributed by atoms with Crippen molar-refractivity contribution in [3.05, 3.63) is 30.1 Å². The maximum absolute atomic E-state index is 13.2. The molecule has 2 aromatic rings. The zero-order chi connectivity index (χ0) is 23.1. The van der Waals surface area contributed by atoms with E-state index in [1.807, 2.05) is 31.2 Å². The molecule has 3 N–H and O–H groups in total. The first-order chi connectivity index (χ1) is 15.1. The third-order valence-electron chi connectivity index (χ3n) is 7.60. The topological polar surface area (TPSA) is 107 Å². The molecule has 4 amide bonds. The van der Waals surface area contributed by atoms with Crippen molar-refractivity contribution in [2.75, 3.05) is 6.54 Å². The Hall–Kier alpha value is -2.90. The molecule has 2 fully saturated rings. The standard InChI is InChI=1S/C24H33N5O3/c1-5-23(3,4)16-10-12-24(13-11-16)21(31)29(22(32)28-24)14-19(30)25-15(2)20-26-17-8-6-7-9-18(17)27-20/h6-9,15-16H,5,10-14H2,1-4H3,(H,25,30)(H,26,27)(H,28,32)/t15-,16?,24?/m0/s1. The second-order valence-corrected chi connectivity index (χ2v) is 9.95. The van der Waals surface area contributed by atoms with Gasteiger partial charge in [0.25, 0.3) is 5.91 Å². The van der Waals surface area contributed by atoms with Crippen LogP contribution in [-0.2, 0) is 9.59 Å². The highest BCUT2D eigenvalue weighted by Gasteiger charge is 2.53. The number of carbonyl (C=O) groups excluding carboxylic acids is 3. The number of benzene rings is 1. The van der Waals surface area contributed by atoms with Crippen LogP contribution >= 0.6 is 0 Å². The van der Waals surface area contributed by atoms with Crippen LogP contribution in [-0.4, -0.2) is 44.8 Å². The van der Waals surface area contributed by atoms with Crippen LogP contribution in [0.4, 0.5) is 4.79 Å². The molecule has 1 aromatic carbocycles. The van der Waals surface area contributed by atoms with Gasteiger partial charge in [0.2, 0.25) is 5.91 Å². The Morgan fingerprint density at radius 2 is 1.97 bits per heavy atom. The Bertz CT molecular complexity index is 1000. The zero-order valence-corrected chi connectivity index (χ0v) is 19.3. The number of imidazole rings is 1. The molecule has 32 heavy (non-hydrogen) atoms. The molecule has 2 heterocycles. The summed E-state index contributed by atoms with van der Waals surface area (Å²) in [5.74, 6) is 0.496. The molecule has 1 aliphatic heterocycles. The van der Waals surface area contributed by atoms with E-state index in [9.17, 15) is 14.4 Å². The number of aromatic amines is 1. The quantitative estimate of drug-likeness (QED) is 0.597. The molecule has 8 nitrogen and oxygen atoms in total. The van der Waals surface area contributed by atoms with E-state index in [0.29, 0.717) is 24.6 Å². The summed E-state index contributed by atoms with van der Waals surface area (Å²) in [6.45, 7) is 8.26. The summed E-state index contributed by atoms with van der Waals surface area (Å²) in [6.07, 6.45) is 4.13. The van der Waals surface area contributed by atoms with E-state index in [-0.39, 0.29) is 29.8 Å². The van der Waals surface area contributed by atoms with Crippen LogP contribution in [0.2, 0.25) is 0 Å². The molecule has 1 saturated carbocycles. The first-order valence-electron chi connectivity index (χ1n) is 11.5. The van der Waals surface area contributed by atoms with Crippen molar-refractivity contribution in [3.63, 3.8) is 0 Å². The number of H-pyrrole nitrogens is 1. The minimum absolute atomic E-state index is 0.222. The van der Waals surface area contributed by atoms with Crippen molar-refractivity contribution in [1.82, 2.24) is 25.5 Å². The summed E-state index contributed by atoms with van der Waals surface area (Å²) in [5, 5.41) is 5.75. The van der Waals surface area contributed by atoms with Crippen molar-refractivity contribution in [3.8, 4) is 0 Å². The average molecular weight is 440 g/mol. The molecule has 172 valence electrons. The number of fused-ring (bicyclic) bond motifs is 1. The predicted molar refractivity (Wildman–Crippen MR) is 122 cm³/mol. The maximum Gasteiger partial charge on any atom is 0.325 e. The van der Waals surface area contributed by atoms with Gasteiger partial charge in [0, 0.05) is 0 Å². The molecular formula is C24H33N5O3.